The molecule has 0 saturated carbocycles. The number of rotatable bonds is 5. The maximum absolute atomic E-state index is 4.34. The van der Waals surface area contributed by atoms with Gasteiger partial charge in [0.2, 0.25) is 0 Å². The second-order valence-electron chi connectivity index (χ2n) is 5.36. The number of pyridine rings is 1. The van der Waals surface area contributed by atoms with Crippen LogP contribution in [0.5, 0.6) is 0 Å². The molecule has 25 heavy (non-hydrogen) atoms. The molecule has 6 heteroatoms. The highest BCUT2D eigenvalue weighted by Crippen LogP contribution is 2.22. The lowest BCUT2D eigenvalue weighted by Crippen LogP contribution is -1.94. The van der Waals surface area contributed by atoms with Crippen molar-refractivity contribution in [2.45, 2.75) is 10.8 Å². The number of hydrogen-bond donors (Lipinski definition) is 0. The Kier molecular flexibility index (Phi) is 4.52. The van der Waals surface area contributed by atoms with E-state index in [1.54, 1.807) is 24.2 Å². The molecule has 5 nitrogen and oxygen atoms in total. The van der Waals surface area contributed by atoms with Crippen LogP contribution in [0.15, 0.2) is 84.3 Å². The minimum atomic E-state index is 0.785. The molecular formula is C19H15N5S. The Balaban J connectivity index is 1.44. The summed E-state index contributed by atoms with van der Waals surface area (Å²) in [5.41, 5.74) is 3.94. The van der Waals surface area contributed by atoms with Crippen LogP contribution in [0, 0.1) is 0 Å². The maximum atomic E-state index is 4.34. The molecule has 3 aromatic heterocycles. The Labute approximate surface area is 149 Å². The molecule has 0 bridgehead atoms. The Hall–Kier alpha value is -2.99. The van der Waals surface area contributed by atoms with Gasteiger partial charge < -0.3 is 0 Å². The molecular weight excluding hydrogens is 330 g/mol. The Bertz CT molecular complexity index is 920. The Morgan fingerprint density at radius 1 is 0.840 bits per heavy atom. The van der Waals surface area contributed by atoms with Crippen LogP contribution >= 0.6 is 11.8 Å². The summed E-state index contributed by atoms with van der Waals surface area (Å²) < 4.78 is 1.83. The first kappa shape index (κ1) is 15.5. The van der Waals surface area contributed by atoms with E-state index in [2.05, 4.69) is 20.3 Å². The van der Waals surface area contributed by atoms with Gasteiger partial charge in [-0.25, -0.2) is 4.68 Å². The first-order chi connectivity index (χ1) is 12.4. The van der Waals surface area contributed by atoms with Crippen LogP contribution in [-0.2, 0) is 5.75 Å². The van der Waals surface area contributed by atoms with E-state index in [0.717, 1.165) is 33.4 Å². The lowest BCUT2D eigenvalue weighted by atomic mass is 10.1. The van der Waals surface area contributed by atoms with E-state index in [1.165, 1.54) is 0 Å². The van der Waals surface area contributed by atoms with Crippen LogP contribution in [0.2, 0.25) is 0 Å². The lowest BCUT2D eigenvalue weighted by Gasteiger charge is -2.05. The molecule has 0 fully saturated rings. The Morgan fingerprint density at radius 3 is 2.44 bits per heavy atom. The van der Waals surface area contributed by atoms with E-state index in [0.29, 0.717) is 0 Å². The smallest absolute Gasteiger partial charge is 0.119 e. The molecule has 0 N–H and O–H groups in total. The van der Waals surface area contributed by atoms with Crippen LogP contribution in [0.25, 0.3) is 16.9 Å². The van der Waals surface area contributed by atoms with Crippen molar-refractivity contribution in [2.75, 3.05) is 0 Å². The Morgan fingerprint density at radius 2 is 1.76 bits per heavy atom. The second-order valence-corrected chi connectivity index (χ2v) is 6.36. The summed E-state index contributed by atoms with van der Waals surface area (Å²) >= 11 is 1.63. The van der Waals surface area contributed by atoms with Gasteiger partial charge in [-0.3, -0.25) is 4.98 Å². The average molecular weight is 345 g/mol. The van der Waals surface area contributed by atoms with Crippen molar-refractivity contribution >= 4 is 11.8 Å². The fourth-order valence-electron chi connectivity index (χ4n) is 2.39. The molecule has 3 heterocycles. The zero-order chi connectivity index (χ0) is 16.9. The van der Waals surface area contributed by atoms with Crippen molar-refractivity contribution in [2.24, 2.45) is 0 Å². The van der Waals surface area contributed by atoms with Crippen molar-refractivity contribution in [1.82, 2.24) is 25.0 Å². The first-order valence-electron chi connectivity index (χ1n) is 7.85. The van der Waals surface area contributed by atoms with Gasteiger partial charge in [0.25, 0.3) is 0 Å². The van der Waals surface area contributed by atoms with E-state index >= 15 is 0 Å². The van der Waals surface area contributed by atoms with Crippen molar-refractivity contribution in [1.29, 1.82) is 0 Å². The topological polar surface area (TPSA) is 56.5 Å². The monoisotopic (exact) mass is 345 g/mol. The highest BCUT2D eigenvalue weighted by atomic mass is 32.2. The average Bonchev–Trinajstić information content (AvgIpc) is 3.23. The van der Waals surface area contributed by atoms with Crippen LogP contribution in [0.3, 0.4) is 0 Å². The lowest BCUT2D eigenvalue weighted by molar-refractivity contribution is 0.880. The van der Waals surface area contributed by atoms with Gasteiger partial charge in [0.05, 0.1) is 17.1 Å². The summed E-state index contributed by atoms with van der Waals surface area (Å²) in [6, 6.07) is 19.9. The minimum Gasteiger partial charge on any atom is -0.260 e. The predicted molar refractivity (Wildman–Crippen MR) is 98.4 cm³/mol. The SMILES string of the molecule is c1ccc(CSc2ccc(-c3ccc(-n4cccn4)cc3)nn2)nc1. The van der Waals surface area contributed by atoms with Crippen LogP contribution in [0.1, 0.15) is 5.69 Å². The van der Waals surface area contributed by atoms with Crippen molar-refractivity contribution < 1.29 is 0 Å². The van der Waals surface area contributed by atoms with E-state index in [1.807, 2.05) is 71.5 Å². The predicted octanol–water partition coefficient (Wildman–Crippen LogP) is 4.02. The van der Waals surface area contributed by atoms with E-state index in [4.69, 9.17) is 0 Å². The molecule has 0 aliphatic carbocycles. The number of aromatic nitrogens is 5. The molecule has 0 spiro atoms. The largest absolute Gasteiger partial charge is 0.260 e. The summed E-state index contributed by atoms with van der Waals surface area (Å²) in [5, 5.41) is 13.8. The normalized spacial score (nSPS) is 10.7. The van der Waals surface area contributed by atoms with Crippen LogP contribution in [0.4, 0.5) is 0 Å². The van der Waals surface area contributed by atoms with Crippen molar-refractivity contribution in [3.05, 3.63) is 84.9 Å². The molecule has 0 aliphatic rings. The summed E-state index contributed by atoms with van der Waals surface area (Å²) in [4.78, 5) is 4.31. The standard InChI is InChI=1S/C19H15N5S/c1-2-11-20-16(4-1)14-25-19-10-9-18(22-23-19)15-5-7-17(8-6-15)24-13-3-12-21-24/h1-13H,14H2. The van der Waals surface area contributed by atoms with Gasteiger partial charge >= 0.3 is 0 Å². The van der Waals surface area contributed by atoms with Gasteiger partial charge in [-0.05, 0) is 42.5 Å². The van der Waals surface area contributed by atoms with E-state index in [9.17, 15) is 0 Å². The highest BCUT2D eigenvalue weighted by molar-refractivity contribution is 7.98. The third kappa shape index (κ3) is 3.75. The third-order valence-corrected chi connectivity index (χ3v) is 4.62. The van der Waals surface area contributed by atoms with Gasteiger partial charge in [-0.2, -0.15) is 5.10 Å². The minimum absolute atomic E-state index is 0.785. The first-order valence-corrected chi connectivity index (χ1v) is 8.84. The highest BCUT2D eigenvalue weighted by Gasteiger charge is 2.04. The second kappa shape index (κ2) is 7.27. The molecule has 0 atom stereocenters. The zero-order valence-electron chi connectivity index (χ0n) is 13.4. The summed E-state index contributed by atoms with van der Waals surface area (Å²) in [6.45, 7) is 0. The number of benzene rings is 1. The van der Waals surface area contributed by atoms with Gasteiger partial charge in [0, 0.05) is 29.9 Å². The number of thioether (sulfide) groups is 1. The van der Waals surface area contributed by atoms with Gasteiger partial charge in [-0.15, -0.1) is 10.2 Å². The molecule has 1 aromatic carbocycles. The van der Waals surface area contributed by atoms with Crippen LogP contribution < -0.4 is 0 Å². The molecule has 0 saturated heterocycles. The number of hydrogen-bond acceptors (Lipinski definition) is 5. The van der Waals surface area contributed by atoms with Crippen molar-refractivity contribution in [3.8, 4) is 16.9 Å². The van der Waals surface area contributed by atoms with E-state index in [-0.39, 0.29) is 0 Å². The van der Waals surface area contributed by atoms with Gasteiger partial charge in [0.15, 0.2) is 0 Å². The van der Waals surface area contributed by atoms with Crippen molar-refractivity contribution in [3.63, 3.8) is 0 Å². The molecule has 0 radical (unpaired) electrons. The third-order valence-electron chi connectivity index (χ3n) is 3.67. The summed E-state index contributed by atoms with van der Waals surface area (Å²) in [6.07, 6.45) is 5.49. The quantitative estimate of drug-likeness (QED) is 0.511. The zero-order valence-corrected chi connectivity index (χ0v) is 14.2. The van der Waals surface area contributed by atoms with E-state index < -0.39 is 0 Å². The molecule has 122 valence electrons. The maximum Gasteiger partial charge on any atom is 0.119 e. The van der Waals surface area contributed by atoms with Gasteiger partial charge in [-0.1, -0.05) is 30.0 Å². The van der Waals surface area contributed by atoms with Crippen LogP contribution in [-0.4, -0.2) is 25.0 Å². The fraction of sp³-hybridized carbons (Fsp3) is 0.0526. The number of nitrogens with zero attached hydrogens (tertiary/aromatic N) is 5. The van der Waals surface area contributed by atoms with Gasteiger partial charge in [0.1, 0.15) is 5.03 Å². The molecule has 4 rings (SSSR count). The fourth-order valence-corrected chi connectivity index (χ4v) is 3.12. The molecule has 0 amide bonds. The molecule has 0 unspecified atom stereocenters. The summed E-state index contributed by atoms with van der Waals surface area (Å²) in [7, 11) is 0. The molecule has 4 aromatic rings. The summed E-state index contributed by atoms with van der Waals surface area (Å²) in [5.74, 6) is 0.785. The molecule has 0 aliphatic heterocycles.